The highest BCUT2D eigenvalue weighted by Gasteiger charge is 2.04. The monoisotopic (exact) mass is 207 g/mol. The van der Waals surface area contributed by atoms with Gasteiger partial charge in [-0.05, 0) is 18.4 Å². The van der Waals surface area contributed by atoms with Gasteiger partial charge in [-0.15, -0.1) is 11.8 Å². The van der Waals surface area contributed by atoms with Gasteiger partial charge in [0.25, 0.3) is 5.56 Å². The Morgan fingerprint density at radius 2 is 2.29 bits per heavy atom. The summed E-state index contributed by atoms with van der Waals surface area (Å²) >= 11 is 1.54. The van der Waals surface area contributed by atoms with Gasteiger partial charge in [-0.2, -0.15) is 0 Å². The lowest BCUT2D eigenvalue weighted by Crippen LogP contribution is -2.06. The fourth-order valence-corrected chi connectivity index (χ4v) is 1.81. The minimum atomic E-state index is -0.158. The molecule has 2 rings (SSSR count). The summed E-state index contributed by atoms with van der Waals surface area (Å²) in [5.41, 5.74) is 6.89. The molecule has 5 heteroatoms. The highest BCUT2D eigenvalue weighted by atomic mass is 32.2. The average Bonchev–Trinajstić information content (AvgIpc) is 2.19. The number of rotatable bonds is 1. The second kappa shape index (κ2) is 3.34. The van der Waals surface area contributed by atoms with Crippen LogP contribution in [0.1, 0.15) is 0 Å². The van der Waals surface area contributed by atoms with Crippen molar-refractivity contribution in [2.45, 2.75) is 4.90 Å². The van der Waals surface area contributed by atoms with E-state index in [-0.39, 0.29) is 5.56 Å². The molecule has 0 saturated heterocycles. The molecule has 0 fully saturated rings. The molecule has 1 aromatic heterocycles. The normalized spacial score (nSPS) is 10.6. The van der Waals surface area contributed by atoms with Crippen molar-refractivity contribution >= 4 is 28.4 Å². The van der Waals surface area contributed by atoms with Crippen LogP contribution in [0.3, 0.4) is 0 Å². The minimum absolute atomic E-state index is 0.158. The van der Waals surface area contributed by atoms with Crippen molar-refractivity contribution in [1.82, 2.24) is 9.97 Å². The Labute approximate surface area is 84.5 Å². The first-order valence-corrected chi connectivity index (χ1v) is 5.26. The average molecular weight is 207 g/mol. The maximum atomic E-state index is 11.4. The van der Waals surface area contributed by atoms with Crippen LogP contribution in [-0.2, 0) is 0 Å². The van der Waals surface area contributed by atoms with Crippen LogP contribution in [-0.4, -0.2) is 16.2 Å². The van der Waals surface area contributed by atoms with E-state index in [1.807, 2.05) is 12.3 Å². The van der Waals surface area contributed by atoms with E-state index >= 15 is 0 Å². The molecule has 1 aromatic carbocycles. The highest BCUT2D eigenvalue weighted by molar-refractivity contribution is 7.98. The molecule has 0 aliphatic rings. The van der Waals surface area contributed by atoms with Gasteiger partial charge in [0.05, 0.1) is 17.2 Å². The van der Waals surface area contributed by atoms with Crippen LogP contribution in [0.5, 0.6) is 0 Å². The molecule has 14 heavy (non-hydrogen) atoms. The summed E-state index contributed by atoms with van der Waals surface area (Å²) < 4.78 is 0. The zero-order valence-corrected chi connectivity index (χ0v) is 8.39. The third kappa shape index (κ3) is 1.35. The van der Waals surface area contributed by atoms with Gasteiger partial charge in [0.1, 0.15) is 0 Å². The molecular formula is C9H9N3OS. The van der Waals surface area contributed by atoms with Gasteiger partial charge in [-0.25, -0.2) is 4.98 Å². The molecule has 0 saturated carbocycles. The molecule has 0 aliphatic heterocycles. The predicted octanol–water partition coefficient (Wildman–Crippen LogP) is 1.23. The number of aromatic nitrogens is 2. The van der Waals surface area contributed by atoms with Gasteiger partial charge < -0.3 is 10.7 Å². The van der Waals surface area contributed by atoms with E-state index < -0.39 is 0 Å². The third-order valence-electron chi connectivity index (χ3n) is 1.99. The number of hydrogen-bond acceptors (Lipinski definition) is 4. The number of H-pyrrole nitrogens is 1. The van der Waals surface area contributed by atoms with Crippen LogP contribution >= 0.6 is 11.8 Å². The van der Waals surface area contributed by atoms with E-state index in [2.05, 4.69) is 9.97 Å². The molecule has 0 unspecified atom stereocenters. The number of benzene rings is 1. The van der Waals surface area contributed by atoms with E-state index in [4.69, 9.17) is 5.73 Å². The number of fused-ring (bicyclic) bond motifs is 1. The number of aromatic amines is 1. The van der Waals surface area contributed by atoms with Gasteiger partial charge in [-0.3, -0.25) is 4.79 Å². The number of nitrogens with zero attached hydrogens (tertiary/aromatic N) is 1. The summed E-state index contributed by atoms with van der Waals surface area (Å²) in [6.07, 6.45) is 3.33. The molecule has 0 aliphatic carbocycles. The molecule has 0 spiro atoms. The van der Waals surface area contributed by atoms with Crippen LogP contribution in [0, 0.1) is 0 Å². The van der Waals surface area contributed by atoms with Gasteiger partial charge >= 0.3 is 0 Å². The van der Waals surface area contributed by atoms with Gasteiger partial charge in [0.2, 0.25) is 0 Å². The predicted molar refractivity (Wildman–Crippen MR) is 58.6 cm³/mol. The second-order valence-electron chi connectivity index (χ2n) is 2.84. The van der Waals surface area contributed by atoms with Crippen LogP contribution in [0.4, 0.5) is 5.69 Å². The van der Waals surface area contributed by atoms with Crippen molar-refractivity contribution in [2.75, 3.05) is 12.0 Å². The summed E-state index contributed by atoms with van der Waals surface area (Å²) in [4.78, 5) is 18.9. The van der Waals surface area contributed by atoms with Gasteiger partial charge in [0.15, 0.2) is 0 Å². The van der Waals surface area contributed by atoms with E-state index in [9.17, 15) is 4.79 Å². The summed E-state index contributed by atoms with van der Waals surface area (Å²) in [7, 11) is 0. The summed E-state index contributed by atoms with van der Waals surface area (Å²) in [6, 6.07) is 3.48. The molecule has 0 amide bonds. The second-order valence-corrected chi connectivity index (χ2v) is 3.69. The summed E-state index contributed by atoms with van der Waals surface area (Å²) in [6.45, 7) is 0. The van der Waals surface area contributed by atoms with E-state index in [0.29, 0.717) is 16.6 Å². The van der Waals surface area contributed by atoms with Crippen molar-refractivity contribution < 1.29 is 0 Å². The molecule has 1 heterocycles. The van der Waals surface area contributed by atoms with Gasteiger partial charge in [0, 0.05) is 10.6 Å². The maximum absolute atomic E-state index is 11.4. The first-order chi connectivity index (χ1) is 6.72. The number of nitrogen functional groups attached to an aromatic ring is 1. The fourth-order valence-electron chi connectivity index (χ4n) is 1.29. The lowest BCUT2D eigenvalue weighted by atomic mass is 10.2. The lowest BCUT2D eigenvalue weighted by Gasteiger charge is -2.03. The molecule has 3 N–H and O–H groups in total. The number of nitrogens with one attached hydrogen (secondary N) is 1. The summed E-state index contributed by atoms with van der Waals surface area (Å²) in [5.74, 6) is 0. The maximum Gasteiger partial charge on any atom is 0.258 e. The van der Waals surface area contributed by atoms with Crippen molar-refractivity contribution in [3.63, 3.8) is 0 Å². The quantitative estimate of drug-likeness (QED) is 0.545. The molecule has 2 aromatic rings. The van der Waals surface area contributed by atoms with E-state index in [0.717, 1.165) is 4.90 Å². The number of nitrogens with two attached hydrogens (primary N) is 1. The number of anilines is 1. The van der Waals surface area contributed by atoms with Crippen LogP contribution in [0.15, 0.2) is 28.2 Å². The number of thioether (sulfide) groups is 1. The topological polar surface area (TPSA) is 71.8 Å². The Morgan fingerprint density at radius 3 is 3.00 bits per heavy atom. The Bertz CT molecular complexity index is 535. The van der Waals surface area contributed by atoms with Crippen LogP contribution < -0.4 is 11.3 Å². The molecule has 72 valence electrons. The Morgan fingerprint density at radius 1 is 1.50 bits per heavy atom. The van der Waals surface area contributed by atoms with Gasteiger partial charge in [-0.1, -0.05) is 0 Å². The largest absolute Gasteiger partial charge is 0.398 e. The Kier molecular flexibility index (Phi) is 2.17. The van der Waals surface area contributed by atoms with Crippen molar-refractivity contribution in [1.29, 1.82) is 0 Å². The SMILES string of the molecule is CSc1cc2nc[nH]c(=O)c2cc1N. The smallest absolute Gasteiger partial charge is 0.258 e. The number of hydrogen-bond donors (Lipinski definition) is 2. The minimum Gasteiger partial charge on any atom is -0.398 e. The van der Waals surface area contributed by atoms with Crippen molar-refractivity contribution in [3.8, 4) is 0 Å². The van der Waals surface area contributed by atoms with Crippen LogP contribution in [0.2, 0.25) is 0 Å². The molecule has 0 radical (unpaired) electrons. The van der Waals surface area contributed by atoms with Crippen molar-refractivity contribution in [3.05, 3.63) is 28.8 Å². The molecular weight excluding hydrogens is 198 g/mol. The highest BCUT2D eigenvalue weighted by Crippen LogP contribution is 2.25. The molecule has 0 atom stereocenters. The Hall–Kier alpha value is -1.49. The third-order valence-corrected chi connectivity index (χ3v) is 2.79. The zero-order chi connectivity index (χ0) is 10.1. The molecule has 4 nitrogen and oxygen atoms in total. The standard InChI is InChI=1S/C9H9N3OS/c1-14-8-3-7-5(2-6(8)10)9(13)12-4-11-7/h2-4H,10H2,1H3,(H,11,12,13). The lowest BCUT2D eigenvalue weighted by molar-refractivity contribution is 1.17. The first-order valence-electron chi connectivity index (χ1n) is 4.03. The fraction of sp³-hybridized carbons (Fsp3) is 0.111. The summed E-state index contributed by atoms with van der Waals surface area (Å²) in [5, 5.41) is 0.530. The van der Waals surface area contributed by atoms with E-state index in [1.165, 1.54) is 18.1 Å². The zero-order valence-electron chi connectivity index (χ0n) is 7.57. The van der Waals surface area contributed by atoms with E-state index in [1.54, 1.807) is 6.07 Å². The Balaban J connectivity index is 2.86. The first kappa shape index (κ1) is 9.08. The van der Waals surface area contributed by atoms with Crippen molar-refractivity contribution in [2.24, 2.45) is 0 Å². The van der Waals surface area contributed by atoms with Crippen LogP contribution in [0.25, 0.3) is 10.9 Å². The molecule has 0 bridgehead atoms.